The SMILES string of the molecule is O=C(C1CCCCCCC1)C1CCSC1. The second-order valence-corrected chi connectivity index (χ2v) is 6.15. The molecule has 2 heteroatoms. The Balaban J connectivity index is 1.85. The molecule has 2 aliphatic rings. The molecule has 0 aromatic heterocycles. The monoisotopic (exact) mass is 226 g/mol. The van der Waals surface area contributed by atoms with E-state index in [9.17, 15) is 4.79 Å². The van der Waals surface area contributed by atoms with E-state index >= 15 is 0 Å². The average molecular weight is 226 g/mol. The van der Waals surface area contributed by atoms with Crippen LogP contribution in [0.3, 0.4) is 0 Å². The number of hydrogen-bond donors (Lipinski definition) is 0. The zero-order valence-corrected chi connectivity index (χ0v) is 10.4. The van der Waals surface area contributed by atoms with Gasteiger partial charge >= 0.3 is 0 Å². The van der Waals surface area contributed by atoms with E-state index in [1.807, 2.05) is 11.8 Å². The molecule has 0 aromatic carbocycles. The van der Waals surface area contributed by atoms with Crippen LogP contribution in [0, 0.1) is 11.8 Å². The first-order valence-electron chi connectivity index (χ1n) is 6.49. The van der Waals surface area contributed by atoms with Crippen molar-refractivity contribution in [2.45, 2.75) is 51.4 Å². The molecule has 2 rings (SSSR count). The Morgan fingerprint density at radius 2 is 1.53 bits per heavy atom. The Kier molecular flexibility index (Phi) is 4.55. The van der Waals surface area contributed by atoms with Gasteiger partial charge in [0.05, 0.1) is 0 Å². The fourth-order valence-electron chi connectivity index (χ4n) is 2.83. The molecule has 0 radical (unpaired) electrons. The molecule has 1 saturated carbocycles. The van der Waals surface area contributed by atoms with Crippen LogP contribution < -0.4 is 0 Å². The molecular formula is C13H22OS. The molecule has 0 N–H and O–H groups in total. The minimum atomic E-state index is 0.416. The largest absolute Gasteiger partial charge is 0.299 e. The Labute approximate surface area is 97.4 Å². The van der Waals surface area contributed by atoms with Gasteiger partial charge in [-0.2, -0.15) is 11.8 Å². The Morgan fingerprint density at radius 1 is 0.867 bits per heavy atom. The molecule has 0 bridgehead atoms. The lowest BCUT2D eigenvalue weighted by molar-refractivity contribution is -0.126. The smallest absolute Gasteiger partial charge is 0.139 e. The van der Waals surface area contributed by atoms with Crippen LogP contribution in [0.15, 0.2) is 0 Å². The minimum Gasteiger partial charge on any atom is -0.299 e. The average Bonchev–Trinajstić information content (AvgIpc) is 2.68. The summed E-state index contributed by atoms with van der Waals surface area (Å²) < 4.78 is 0. The Bertz CT molecular complexity index is 201. The summed E-state index contributed by atoms with van der Waals surface area (Å²) in [5.74, 6) is 3.77. The molecule has 2 fully saturated rings. The highest BCUT2D eigenvalue weighted by molar-refractivity contribution is 7.99. The van der Waals surface area contributed by atoms with Gasteiger partial charge < -0.3 is 0 Å². The fraction of sp³-hybridized carbons (Fsp3) is 0.923. The number of ketones is 1. The van der Waals surface area contributed by atoms with Gasteiger partial charge in [-0.1, -0.05) is 32.1 Å². The molecular weight excluding hydrogens is 204 g/mol. The Morgan fingerprint density at radius 3 is 2.13 bits per heavy atom. The molecule has 1 aliphatic carbocycles. The summed E-state index contributed by atoms with van der Waals surface area (Å²) in [6, 6.07) is 0. The molecule has 1 atom stereocenters. The second kappa shape index (κ2) is 5.93. The van der Waals surface area contributed by atoms with Crippen LogP contribution in [0.4, 0.5) is 0 Å². The summed E-state index contributed by atoms with van der Waals surface area (Å²) >= 11 is 1.96. The fourth-order valence-corrected chi connectivity index (χ4v) is 4.07. The summed E-state index contributed by atoms with van der Waals surface area (Å²) in [4.78, 5) is 12.3. The highest BCUT2D eigenvalue weighted by atomic mass is 32.2. The van der Waals surface area contributed by atoms with Crippen molar-refractivity contribution in [3.05, 3.63) is 0 Å². The summed E-state index contributed by atoms with van der Waals surface area (Å²) in [5.41, 5.74) is 0. The predicted octanol–water partition coefficient (Wildman–Crippen LogP) is 3.67. The first-order valence-corrected chi connectivity index (χ1v) is 7.65. The minimum absolute atomic E-state index is 0.416. The van der Waals surface area contributed by atoms with Gasteiger partial charge in [-0.15, -0.1) is 0 Å². The molecule has 1 unspecified atom stereocenters. The molecule has 0 spiro atoms. The maximum atomic E-state index is 12.3. The zero-order chi connectivity index (χ0) is 10.5. The second-order valence-electron chi connectivity index (χ2n) is 5.00. The standard InChI is InChI=1S/C13H22OS/c14-13(12-8-9-15-10-12)11-6-4-2-1-3-5-7-11/h11-12H,1-10H2. The predicted molar refractivity (Wildman–Crippen MR) is 66.2 cm³/mol. The lowest BCUT2D eigenvalue weighted by atomic mass is 9.83. The van der Waals surface area contributed by atoms with Crippen LogP contribution in [0.2, 0.25) is 0 Å². The van der Waals surface area contributed by atoms with Gasteiger partial charge in [-0.05, 0) is 25.0 Å². The van der Waals surface area contributed by atoms with Crippen molar-refractivity contribution in [1.82, 2.24) is 0 Å². The number of carbonyl (C=O) groups is 1. The molecule has 15 heavy (non-hydrogen) atoms. The molecule has 1 nitrogen and oxygen atoms in total. The van der Waals surface area contributed by atoms with Crippen molar-refractivity contribution in [1.29, 1.82) is 0 Å². The normalized spacial score (nSPS) is 29.7. The molecule has 1 saturated heterocycles. The molecule has 0 amide bonds. The number of hydrogen-bond acceptors (Lipinski definition) is 2. The maximum absolute atomic E-state index is 12.3. The third kappa shape index (κ3) is 3.24. The lowest BCUT2D eigenvalue weighted by Gasteiger charge is -2.21. The van der Waals surface area contributed by atoms with Crippen molar-refractivity contribution in [2.24, 2.45) is 11.8 Å². The van der Waals surface area contributed by atoms with Crippen LogP contribution >= 0.6 is 11.8 Å². The van der Waals surface area contributed by atoms with Crippen LogP contribution in [0.25, 0.3) is 0 Å². The van der Waals surface area contributed by atoms with Gasteiger partial charge in [-0.25, -0.2) is 0 Å². The van der Waals surface area contributed by atoms with E-state index in [0.717, 1.165) is 12.2 Å². The third-order valence-electron chi connectivity index (χ3n) is 3.84. The van der Waals surface area contributed by atoms with E-state index in [4.69, 9.17) is 0 Å². The summed E-state index contributed by atoms with van der Waals surface area (Å²) in [6.45, 7) is 0. The van der Waals surface area contributed by atoms with Gasteiger partial charge in [0.1, 0.15) is 5.78 Å². The molecule has 86 valence electrons. The first kappa shape index (κ1) is 11.5. The number of rotatable bonds is 2. The van der Waals surface area contributed by atoms with Gasteiger partial charge in [0.15, 0.2) is 0 Å². The van der Waals surface area contributed by atoms with E-state index in [0.29, 0.717) is 17.6 Å². The third-order valence-corrected chi connectivity index (χ3v) is 5.00. The quantitative estimate of drug-likeness (QED) is 0.714. The van der Waals surface area contributed by atoms with Crippen LogP contribution in [0.1, 0.15) is 51.4 Å². The zero-order valence-electron chi connectivity index (χ0n) is 9.54. The van der Waals surface area contributed by atoms with Crippen LogP contribution in [-0.4, -0.2) is 17.3 Å². The highest BCUT2D eigenvalue weighted by Gasteiger charge is 2.29. The summed E-state index contributed by atoms with van der Waals surface area (Å²) in [6.07, 6.45) is 10.2. The molecule has 1 aliphatic heterocycles. The van der Waals surface area contributed by atoms with Gasteiger partial charge in [0.2, 0.25) is 0 Å². The number of Topliss-reactive ketones (excluding diaryl/α,β-unsaturated/α-hetero) is 1. The Hall–Kier alpha value is 0.0200. The first-order chi connectivity index (χ1) is 7.38. The van der Waals surface area contributed by atoms with Gasteiger partial charge in [-0.3, -0.25) is 4.79 Å². The van der Waals surface area contributed by atoms with E-state index in [-0.39, 0.29) is 0 Å². The maximum Gasteiger partial charge on any atom is 0.139 e. The topological polar surface area (TPSA) is 17.1 Å². The molecule has 0 aromatic rings. The van der Waals surface area contributed by atoms with E-state index in [1.165, 1.54) is 50.7 Å². The van der Waals surface area contributed by atoms with Crippen LogP contribution in [0.5, 0.6) is 0 Å². The van der Waals surface area contributed by atoms with Crippen molar-refractivity contribution < 1.29 is 4.79 Å². The molecule has 1 heterocycles. The number of thioether (sulfide) groups is 1. The van der Waals surface area contributed by atoms with E-state index in [1.54, 1.807) is 0 Å². The van der Waals surface area contributed by atoms with E-state index in [2.05, 4.69) is 0 Å². The van der Waals surface area contributed by atoms with Crippen molar-refractivity contribution in [3.63, 3.8) is 0 Å². The van der Waals surface area contributed by atoms with Crippen molar-refractivity contribution in [3.8, 4) is 0 Å². The van der Waals surface area contributed by atoms with Crippen LogP contribution in [-0.2, 0) is 4.79 Å². The number of carbonyl (C=O) groups excluding carboxylic acids is 1. The summed E-state index contributed by atoms with van der Waals surface area (Å²) in [5, 5.41) is 0. The summed E-state index contributed by atoms with van der Waals surface area (Å²) in [7, 11) is 0. The highest BCUT2D eigenvalue weighted by Crippen LogP contribution is 2.31. The van der Waals surface area contributed by atoms with E-state index < -0.39 is 0 Å². The lowest BCUT2D eigenvalue weighted by Crippen LogP contribution is -2.24. The van der Waals surface area contributed by atoms with Gasteiger partial charge in [0.25, 0.3) is 0 Å². The van der Waals surface area contributed by atoms with Crippen molar-refractivity contribution in [2.75, 3.05) is 11.5 Å². The van der Waals surface area contributed by atoms with Gasteiger partial charge in [0, 0.05) is 17.6 Å². The van der Waals surface area contributed by atoms with Crippen molar-refractivity contribution >= 4 is 17.5 Å².